The third kappa shape index (κ3) is 1.41. The monoisotopic (exact) mass is 273 g/mol. The average molecular weight is 273 g/mol. The predicted octanol–water partition coefficient (Wildman–Crippen LogP) is 2.98. The van der Waals surface area contributed by atoms with E-state index in [1.165, 1.54) is 6.07 Å². The molecule has 0 amide bonds. The summed E-state index contributed by atoms with van der Waals surface area (Å²) < 4.78 is 13.7. The molecule has 0 N–H and O–H groups in total. The molecule has 12 heavy (non-hydrogen) atoms. The molecule has 1 aromatic carbocycles. The molecule has 0 saturated carbocycles. The molecule has 0 saturated heterocycles. The molecule has 0 spiro atoms. The molecule has 0 unspecified atom stereocenters. The van der Waals surface area contributed by atoms with Gasteiger partial charge in [0.1, 0.15) is 0 Å². The van der Waals surface area contributed by atoms with Gasteiger partial charge in [0.15, 0.2) is 0 Å². The summed E-state index contributed by atoms with van der Waals surface area (Å²) in [5.74, 6) is -0.426. The number of hydrogen-bond donors (Lipinski definition) is 0. The number of hydrogen-bond acceptors (Lipinski definition) is 1. The van der Waals surface area contributed by atoms with E-state index in [1.54, 1.807) is 6.07 Å². The molecule has 0 atom stereocenters. The molecule has 0 fully saturated rings. The largest absolute Gasteiger partial charge is 0.220 e. The summed E-state index contributed by atoms with van der Waals surface area (Å²) in [5, 5.41) is 0.969. The second-order valence-corrected chi connectivity index (χ2v) is 3.72. The van der Waals surface area contributed by atoms with Crippen LogP contribution < -0.4 is 0 Å². The van der Waals surface area contributed by atoms with E-state index in [-0.39, 0.29) is 0 Å². The zero-order valence-corrected chi connectivity index (χ0v) is 8.25. The molecule has 60 valence electrons. The number of benzene rings is 1. The van der Waals surface area contributed by atoms with Crippen LogP contribution in [-0.2, 0) is 0 Å². The van der Waals surface area contributed by atoms with Crippen molar-refractivity contribution in [3.05, 3.63) is 39.8 Å². The van der Waals surface area contributed by atoms with Gasteiger partial charge in [-0.15, -0.1) is 0 Å². The van der Waals surface area contributed by atoms with E-state index in [0.29, 0.717) is 5.52 Å². The van der Waals surface area contributed by atoms with Gasteiger partial charge in [-0.2, -0.15) is 4.39 Å². The number of fused-ring (bicyclic) bond motifs is 1. The van der Waals surface area contributed by atoms with Crippen LogP contribution in [-0.4, -0.2) is 4.98 Å². The van der Waals surface area contributed by atoms with Crippen LogP contribution >= 0.6 is 22.6 Å². The van der Waals surface area contributed by atoms with Gasteiger partial charge in [-0.3, -0.25) is 0 Å². The molecular formula is C9H5FIN. The Labute approximate surface area is 82.8 Å². The normalized spacial score (nSPS) is 10.5. The summed E-state index contributed by atoms with van der Waals surface area (Å²) in [6.07, 6.45) is 0. The summed E-state index contributed by atoms with van der Waals surface area (Å²) in [4.78, 5) is 3.77. The molecule has 3 heteroatoms. The van der Waals surface area contributed by atoms with Crippen molar-refractivity contribution in [2.24, 2.45) is 0 Å². The number of aromatic nitrogens is 1. The van der Waals surface area contributed by atoms with Crippen LogP contribution in [0.3, 0.4) is 0 Å². The van der Waals surface area contributed by atoms with Crippen LogP contribution in [0.4, 0.5) is 4.39 Å². The Balaban J connectivity index is 2.80. The van der Waals surface area contributed by atoms with Gasteiger partial charge >= 0.3 is 0 Å². The molecule has 2 aromatic rings. The first kappa shape index (κ1) is 7.91. The molecule has 1 nitrogen and oxygen atoms in total. The highest BCUT2D eigenvalue weighted by Gasteiger charge is 1.96. The molecule has 0 aliphatic rings. The quantitative estimate of drug-likeness (QED) is 0.531. The summed E-state index contributed by atoms with van der Waals surface area (Å²) in [6.45, 7) is 0. The Morgan fingerprint density at radius 2 is 1.92 bits per heavy atom. The number of pyridine rings is 1. The third-order valence-corrected chi connectivity index (χ3v) is 2.29. The molecule has 0 aliphatic carbocycles. The van der Waals surface area contributed by atoms with Crippen LogP contribution in [0.15, 0.2) is 30.3 Å². The highest BCUT2D eigenvalue weighted by atomic mass is 127. The minimum absolute atomic E-state index is 0.426. The summed E-state index contributed by atoms with van der Waals surface area (Å²) in [5.41, 5.74) is 0.710. The van der Waals surface area contributed by atoms with Crippen LogP contribution in [0.2, 0.25) is 0 Å². The van der Waals surface area contributed by atoms with Crippen LogP contribution in [0.5, 0.6) is 0 Å². The van der Waals surface area contributed by atoms with Gasteiger partial charge in [-0.25, -0.2) is 4.98 Å². The maximum Gasteiger partial charge on any atom is 0.213 e. The van der Waals surface area contributed by atoms with Crippen molar-refractivity contribution >= 4 is 33.5 Å². The zero-order valence-electron chi connectivity index (χ0n) is 6.09. The van der Waals surface area contributed by atoms with Gasteiger partial charge in [0, 0.05) is 8.96 Å². The standard InChI is InChI=1S/C9H5FIN/c10-9-4-2-6-1-3-7(11)5-8(6)12-9/h1-5H. The number of nitrogens with zero attached hydrogens (tertiary/aromatic N) is 1. The molecule has 1 aromatic heterocycles. The molecule has 0 aliphatic heterocycles. The smallest absolute Gasteiger partial charge is 0.213 e. The van der Waals surface area contributed by atoms with Gasteiger partial charge in [0.2, 0.25) is 5.95 Å². The average Bonchev–Trinajstić information content (AvgIpc) is 2.03. The Bertz CT molecular complexity index is 391. The molecule has 1 heterocycles. The SMILES string of the molecule is Fc1ccc2ccc(I)cc2n1. The molecule has 0 radical (unpaired) electrons. The second kappa shape index (κ2) is 2.97. The fraction of sp³-hybridized carbons (Fsp3) is 0. The minimum atomic E-state index is -0.426. The van der Waals surface area contributed by atoms with Gasteiger partial charge in [-0.1, -0.05) is 6.07 Å². The van der Waals surface area contributed by atoms with Crippen LogP contribution in [0.25, 0.3) is 10.9 Å². The first-order valence-electron chi connectivity index (χ1n) is 3.47. The van der Waals surface area contributed by atoms with Crippen molar-refractivity contribution in [3.63, 3.8) is 0 Å². The van der Waals surface area contributed by atoms with Crippen molar-refractivity contribution in [3.8, 4) is 0 Å². The molecule has 2 rings (SSSR count). The van der Waals surface area contributed by atoms with Gasteiger partial charge < -0.3 is 0 Å². The Morgan fingerprint density at radius 3 is 2.75 bits per heavy atom. The minimum Gasteiger partial charge on any atom is -0.220 e. The fourth-order valence-corrected chi connectivity index (χ4v) is 1.54. The van der Waals surface area contributed by atoms with Crippen molar-refractivity contribution < 1.29 is 4.39 Å². The fourth-order valence-electron chi connectivity index (χ4n) is 1.07. The Morgan fingerprint density at radius 1 is 1.17 bits per heavy atom. The summed E-state index contributed by atoms with van der Waals surface area (Å²) in [6, 6.07) is 8.87. The third-order valence-electron chi connectivity index (χ3n) is 1.62. The lowest BCUT2D eigenvalue weighted by molar-refractivity contribution is 0.589. The van der Waals surface area contributed by atoms with Crippen molar-refractivity contribution in [2.75, 3.05) is 0 Å². The summed E-state index contributed by atoms with van der Waals surface area (Å²) >= 11 is 2.18. The number of rotatable bonds is 0. The van der Waals surface area contributed by atoms with Gasteiger partial charge in [-0.05, 0) is 46.9 Å². The number of halogens is 2. The van der Waals surface area contributed by atoms with E-state index in [1.807, 2.05) is 18.2 Å². The van der Waals surface area contributed by atoms with Crippen molar-refractivity contribution in [2.45, 2.75) is 0 Å². The predicted molar refractivity (Wildman–Crippen MR) is 54.4 cm³/mol. The van der Waals surface area contributed by atoms with Crippen molar-refractivity contribution in [1.29, 1.82) is 0 Å². The van der Waals surface area contributed by atoms with E-state index in [2.05, 4.69) is 27.6 Å². The van der Waals surface area contributed by atoms with Gasteiger partial charge in [0.05, 0.1) is 5.52 Å². The maximum absolute atomic E-state index is 12.7. The lowest BCUT2D eigenvalue weighted by Crippen LogP contribution is -1.83. The first-order chi connectivity index (χ1) is 5.75. The summed E-state index contributed by atoms with van der Waals surface area (Å²) in [7, 11) is 0. The first-order valence-corrected chi connectivity index (χ1v) is 4.55. The van der Waals surface area contributed by atoms with Crippen LogP contribution in [0.1, 0.15) is 0 Å². The Kier molecular flexibility index (Phi) is 1.96. The highest BCUT2D eigenvalue weighted by molar-refractivity contribution is 14.1. The lowest BCUT2D eigenvalue weighted by atomic mass is 10.2. The Hall–Kier alpha value is -0.710. The molecular weight excluding hydrogens is 268 g/mol. The van der Waals surface area contributed by atoms with E-state index < -0.39 is 5.95 Å². The van der Waals surface area contributed by atoms with Gasteiger partial charge in [0.25, 0.3) is 0 Å². The second-order valence-electron chi connectivity index (χ2n) is 2.47. The van der Waals surface area contributed by atoms with E-state index in [4.69, 9.17) is 0 Å². The zero-order chi connectivity index (χ0) is 8.55. The highest BCUT2D eigenvalue weighted by Crippen LogP contribution is 2.15. The van der Waals surface area contributed by atoms with E-state index >= 15 is 0 Å². The lowest BCUT2D eigenvalue weighted by Gasteiger charge is -1.96. The van der Waals surface area contributed by atoms with Crippen LogP contribution in [0, 0.1) is 9.52 Å². The van der Waals surface area contributed by atoms with Crippen molar-refractivity contribution in [1.82, 2.24) is 4.98 Å². The topological polar surface area (TPSA) is 12.9 Å². The maximum atomic E-state index is 12.7. The van der Waals surface area contributed by atoms with E-state index in [9.17, 15) is 4.39 Å². The van der Waals surface area contributed by atoms with E-state index in [0.717, 1.165) is 8.96 Å². The molecule has 0 bridgehead atoms.